The van der Waals surface area contributed by atoms with E-state index in [1.807, 2.05) is 6.07 Å². The number of rotatable bonds is 5. The van der Waals surface area contributed by atoms with Crippen LogP contribution in [-0.4, -0.2) is 24.1 Å². The molecule has 86 valence electrons. The van der Waals surface area contributed by atoms with E-state index in [0.29, 0.717) is 12.3 Å². The smallest absolute Gasteiger partial charge is 0.312 e. The van der Waals surface area contributed by atoms with Gasteiger partial charge in [-0.25, -0.2) is 0 Å². The molecular weight excluding hydrogens is 210 g/mol. The number of carboxylic acids is 1. The van der Waals surface area contributed by atoms with E-state index in [9.17, 15) is 9.59 Å². The Kier molecular flexibility index (Phi) is 4.47. The number of ether oxygens (including phenoxy) is 1. The second-order valence-corrected chi connectivity index (χ2v) is 3.21. The maximum absolute atomic E-state index is 11.2. The molecule has 0 radical (unpaired) electrons. The van der Waals surface area contributed by atoms with Crippen LogP contribution < -0.4 is 5.32 Å². The maximum atomic E-state index is 11.2. The van der Waals surface area contributed by atoms with E-state index in [-0.39, 0.29) is 0 Å². The molecule has 1 aromatic carbocycles. The summed E-state index contributed by atoms with van der Waals surface area (Å²) in [5.74, 6) is -1.70. The fraction of sp³-hybridized carbons (Fsp3) is 0.273. The Bertz CT molecular complexity index is 389. The largest absolute Gasteiger partial charge is 0.481 e. The minimum atomic E-state index is -1.15. The molecule has 0 aliphatic rings. The zero-order chi connectivity index (χ0) is 12.0. The number of carboxylic acid groups (broad SMARTS) is 1. The molecule has 0 saturated heterocycles. The predicted molar refractivity (Wildman–Crippen MR) is 58.0 cm³/mol. The number of hydrogen-bond donors (Lipinski definition) is 2. The summed E-state index contributed by atoms with van der Waals surface area (Å²) in [5.41, 5.74) is 1.39. The first-order valence-electron chi connectivity index (χ1n) is 4.72. The molecule has 2 N–H and O–H groups in total. The molecule has 0 aliphatic heterocycles. The first-order chi connectivity index (χ1) is 7.63. The van der Waals surface area contributed by atoms with Gasteiger partial charge in [0.1, 0.15) is 6.42 Å². The van der Waals surface area contributed by atoms with Crippen molar-refractivity contribution in [3.63, 3.8) is 0 Å². The van der Waals surface area contributed by atoms with Crippen LogP contribution in [0.3, 0.4) is 0 Å². The monoisotopic (exact) mass is 223 g/mol. The highest BCUT2D eigenvalue weighted by Crippen LogP contribution is 2.15. The third-order valence-electron chi connectivity index (χ3n) is 1.90. The lowest BCUT2D eigenvalue weighted by atomic mass is 10.2. The van der Waals surface area contributed by atoms with Gasteiger partial charge in [-0.2, -0.15) is 0 Å². The normalized spacial score (nSPS) is 9.81. The molecule has 0 unspecified atom stereocenters. The van der Waals surface area contributed by atoms with Crippen molar-refractivity contribution in [2.24, 2.45) is 0 Å². The zero-order valence-corrected chi connectivity index (χ0v) is 8.90. The Hall–Kier alpha value is -1.88. The van der Waals surface area contributed by atoms with Crippen molar-refractivity contribution in [1.82, 2.24) is 0 Å². The number of amides is 1. The maximum Gasteiger partial charge on any atom is 0.312 e. The summed E-state index contributed by atoms with van der Waals surface area (Å²) < 4.78 is 4.96. The third kappa shape index (κ3) is 3.70. The van der Waals surface area contributed by atoms with Gasteiger partial charge < -0.3 is 15.2 Å². The molecule has 5 nitrogen and oxygen atoms in total. The summed E-state index contributed by atoms with van der Waals surface area (Å²) in [7, 11) is 1.55. The van der Waals surface area contributed by atoms with Crippen LogP contribution in [0.4, 0.5) is 5.69 Å². The lowest BCUT2D eigenvalue weighted by molar-refractivity contribution is -0.139. The summed E-state index contributed by atoms with van der Waals surface area (Å²) in [5, 5.41) is 11.0. The molecule has 16 heavy (non-hydrogen) atoms. The van der Waals surface area contributed by atoms with Crippen molar-refractivity contribution in [2.45, 2.75) is 13.0 Å². The molecule has 1 aromatic rings. The molecule has 0 fully saturated rings. The van der Waals surface area contributed by atoms with Crippen molar-refractivity contribution >= 4 is 17.6 Å². The van der Waals surface area contributed by atoms with Crippen LogP contribution in [0.25, 0.3) is 0 Å². The summed E-state index contributed by atoms with van der Waals surface area (Å²) in [6, 6.07) is 7.09. The Morgan fingerprint density at radius 3 is 2.69 bits per heavy atom. The minimum Gasteiger partial charge on any atom is -0.481 e. The van der Waals surface area contributed by atoms with Gasteiger partial charge in [-0.3, -0.25) is 9.59 Å². The van der Waals surface area contributed by atoms with E-state index in [1.165, 1.54) is 0 Å². The fourth-order valence-corrected chi connectivity index (χ4v) is 1.26. The lowest BCUT2D eigenvalue weighted by Crippen LogP contribution is -2.16. The summed E-state index contributed by atoms with van der Waals surface area (Å²) in [6.45, 7) is 0.365. The van der Waals surface area contributed by atoms with Gasteiger partial charge in [0, 0.05) is 18.4 Å². The number of aliphatic carboxylic acids is 1. The second-order valence-electron chi connectivity index (χ2n) is 3.21. The Morgan fingerprint density at radius 2 is 2.06 bits per heavy atom. The molecule has 0 saturated carbocycles. The van der Waals surface area contributed by atoms with E-state index >= 15 is 0 Å². The highest BCUT2D eigenvalue weighted by Gasteiger charge is 2.09. The van der Waals surface area contributed by atoms with Crippen molar-refractivity contribution < 1.29 is 19.4 Å². The number of anilines is 1. The van der Waals surface area contributed by atoms with E-state index < -0.39 is 18.3 Å². The van der Waals surface area contributed by atoms with Gasteiger partial charge >= 0.3 is 5.97 Å². The summed E-state index contributed by atoms with van der Waals surface area (Å²) in [6.07, 6.45) is -0.540. The van der Waals surface area contributed by atoms with Gasteiger partial charge in [-0.15, -0.1) is 0 Å². The first kappa shape index (κ1) is 12.2. The quantitative estimate of drug-likeness (QED) is 0.736. The van der Waals surface area contributed by atoms with Gasteiger partial charge in [0.25, 0.3) is 0 Å². The number of carbonyl (C=O) groups excluding carboxylic acids is 1. The number of methoxy groups -OCH3 is 1. The van der Waals surface area contributed by atoms with Crippen LogP contribution in [0.1, 0.15) is 12.0 Å². The van der Waals surface area contributed by atoms with Crippen LogP contribution in [0.15, 0.2) is 24.3 Å². The average Bonchev–Trinajstić information content (AvgIpc) is 2.20. The molecule has 0 heterocycles. The molecule has 1 amide bonds. The minimum absolute atomic E-state index is 0.365. The second kappa shape index (κ2) is 5.87. The molecule has 0 bridgehead atoms. The summed E-state index contributed by atoms with van der Waals surface area (Å²) in [4.78, 5) is 21.6. The van der Waals surface area contributed by atoms with Gasteiger partial charge in [0.05, 0.1) is 6.61 Å². The van der Waals surface area contributed by atoms with Gasteiger partial charge in [-0.1, -0.05) is 18.2 Å². The van der Waals surface area contributed by atoms with Crippen LogP contribution in [-0.2, 0) is 20.9 Å². The number of nitrogens with one attached hydrogen (secondary N) is 1. The molecule has 0 aromatic heterocycles. The lowest BCUT2D eigenvalue weighted by Gasteiger charge is -2.09. The number of hydrogen-bond acceptors (Lipinski definition) is 3. The van der Waals surface area contributed by atoms with Crippen LogP contribution in [0.5, 0.6) is 0 Å². The third-order valence-corrected chi connectivity index (χ3v) is 1.90. The van der Waals surface area contributed by atoms with E-state index in [0.717, 1.165) is 5.56 Å². The Balaban J connectivity index is 2.72. The first-order valence-corrected chi connectivity index (χ1v) is 4.72. The van der Waals surface area contributed by atoms with Gasteiger partial charge in [0.15, 0.2) is 0 Å². The standard InChI is InChI=1S/C11H13NO4/c1-16-7-8-4-2-3-5-9(8)12-10(13)6-11(14)15/h2-5H,6-7H2,1H3,(H,12,13)(H,14,15). The van der Waals surface area contributed by atoms with Crippen LogP contribution in [0.2, 0.25) is 0 Å². The molecule has 0 spiro atoms. The summed E-state index contributed by atoms with van der Waals surface area (Å²) >= 11 is 0. The van der Waals surface area contributed by atoms with E-state index in [2.05, 4.69) is 5.32 Å². The molecule has 5 heteroatoms. The number of carbonyl (C=O) groups is 2. The van der Waals surface area contributed by atoms with E-state index in [1.54, 1.807) is 25.3 Å². The molecule has 0 atom stereocenters. The Labute approximate surface area is 93.0 Å². The molecule has 1 rings (SSSR count). The topological polar surface area (TPSA) is 75.6 Å². The Morgan fingerprint density at radius 1 is 1.38 bits per heavy atom. The SMILES string of the molecule is COCc1ccccc1NC(=O)CC(=O)O. The van der Waals surface area contributed by atoms with Crippen molar-refractivity contribution in [3.8, 4) is 0 Å². The van der Waals surface area contributed by atoms with Crippen molar-refractivity contribution in [3.05, 3.63) is 29.8 Å². The highest BCUT2D eigenvalue weighted by atomic mass is 16.5. The zero-order valence-electron chi connectivity index (χ0n) is 8.90. The number of benzene rings is 1. The van der Waals surface area contributed by atoms with Gasteiger partial charge in [-0.05, 0) is 6.07 Å². The average molecular weight is 223 g/mol. The van der Waals surface area contributed by atoms with Crippen LogP contribution in [0, 0.1) is 0 Å². The van der Waals surface area contributed by atoms with Crippen molar-refractivity contribution in [2.75, 3.05) is 12.4 Å². The molecular formula is C11H13NO4. The number of para-hydroxylation sites is 1. The van der Waals surface area contributed by atoms with Crippen molar-refractivity contribution in [1.29, 1.82) is 0 Å². The van der Waals surface area contributed by atoms with E-state index in [4.69, 9.17) is 9.84 Å². The van der Waals surface area contributed by atoms with Gasteiger partial charge in [0.2, 0.25) is 5.91 Å². The predicted octanol–water partition coefficient (Wildman–Crippen LogP) is 1.25. The highest BCUT2D eigenvalue weighted by molar-refractivity contribution is 6.01. The fourth-order valence-electron chi connectivity index (χ4n) is 1.26. The molecule has 0 aliphatic carbocycles. The van der Waals surface area contributed by atoms with Crippen LogP contribution >= 0.6 is 0 Å².